The Balaban J connectivity index is 1.77. The zero-order valence-electron chi connectivity index (χ0n) is 9.79. The summed E-state index contributed by atoms with van der Waals surface area (Å²) >= 11 is 2.02. The van der Waals surface area contributed by atoms with Crippen LogP contribution >= 0.6 is 11.8 Å². The molecule has 0 radical (unpaired) electrons. The molecule has 0 saturated carbocycles. The van der Waals surface area contributed by atoms with Crippen molar-refractivity contribution in [3.8, 4) is 0 Å². The molecule has 7 heteroatoms. The number of amides is 1. The average molecular weight is 255 g/mol. The standard InChI is InChI=1S/C10H17N5OS/c11-13-12-7-10(16)15-4-2-14(3-5-15)9-1-6-17-8-9/h9H,1-8H2/t9-/m1/s1. The first kappa shape index (κ1) is 12.5. The molecule has 1 amide bonds. The van der Waals surface area contributed by atoms with Gasteiger partial charge in [-0.1, -0.05) is 5.11 Å². The Morgan fingerprint density at radius 3 is 2.76 bits per heavy atom. The Hall–Kier alpha value is -0.910. The minimum Gasteiger partial charge on any atom is -0.340 e. The van der Waals surface area contributed by atoms with E-state index in [-0.39, 0.29) is 12.5 Å². The van der Waals surface area contributed by atoms with Crippen molar-refractivity contribution < 1.29 is 4.79 Å². The van der Waals surface area contributed by atoms with Crippen LogP contribution in [0.25, 0.3) is 10.4 Å². The maximum atomic E-state index is 11.6. The van der Waals surface area contributed by atoms with E-state index >= 15 is 0 Å². The van der Waals surface area contributed by atoms with Crippen molar-refractivity contribution in [2.75, 3.05) is 44.2 Å². The van der Waals surface area contributed by atoms with Gasteiger partial charge >= 0.3 is 0 Å². The lowest BCUT2D eigenvalue weighted by atomic mass is 10.2. The molecule has 0 aliphatic carbocycles. The summed E-state index contributed by atoms with van der Waals surface area (Å²) in [6, 6.07) is 0.703. The maximum absolute atomic E-state index is 11.6. The van der Waals surface area contributed by atoms with E-state index < -0.39 is 0 Å². The molecule has 0 N–H and O–H groups in total. The normalized spacial score (nSPS) is 25.6. The highest BCUT2D eigenvalue weighted by atomic mass is 32.2. The molecule has 6 nitrogen and oxygen atoms in total. The van der Waals surface area contributed by atoms with Gasteiger partial charge in [0.05, 0.1) is 0 Å². The van der Waals surface area contributed by atoms with Crippen LogP contribution in [0.2, 0.25) is 0 Å². The van der Waals surface area contributed by atoms with Crippen LogP contribution in [0.3, 0.4) is 0 Å². The summed E-state index contributed by atoms with van der Waals surface area (Å²) in [6.07, 6.45) is 1.28. The lowest BCUT2D eigenvalue weighted by molar-refractivity contribution is -0.131. The Morgan fingerprint density at radius 1 is 1.41 bits per heavy atom. The van der Waals surface area contributed by atoms with Gasteiger partial charge in [-0.05, 0) is 17.7 Å². The van der Waals surface area contributed by atoms with Gasteiger partial charge in [0.25, 0.3) is 0 Å². The third-order valence-electron chi connectivity index (χ3n) is 3.36. The fourth-order valence-corrected chi connectivity index (χ4v) is 3.59. The number of carbonyl (C=O) groups excluding carboxylic acids is 1. The van der Waals surface area contributed by atoms with Crippen molar-refractivity contribution in [3.05, 3.63) is 10.4 Å². The Labute approximate surface area is 105 Å². The van der Waals surface area contributed by atoms with Crippen molar-refractivity contribution in [1.82, 2.24) is 9.80 Å². The number of nitrogens with zero attached hydrogens (tertiary/aromatic N) is 5. The van der Waals surface area contributed by atoms with Gasteiger partial charge in [0.1, 0.15) is 6.54 Å². The van der Waals surface area contributed by atoms with Crippen LogP contribution in [0.4, 0.5) is 0 Å². The van der Waals surface area contributed by atoms with E-state index in [1.54, 1.807) is 4.90 Å². The number of rotatable bonds is 3. The third-order valence-corrected chi connectivity index (χ3v) is 4.50. The number of hydrogen-bond donors (Lipinski definition) is 0. The predicted molar refractivity (Wildman–Crippen MR) is 67.9 cm³/mol. The third kappa shape index (κ3) is 3.28. The number of piperazine rings is 1. The van der Waals surface area contributed by atoms with Gasteiger partial charge in [-0.3, -0.25) is 9.69 Å². The number of carbonyl (C=O) groups is 1. The highest BCUT2D eigenvalue weighted by Crippen LogP contribution is 2.23. The monoisotopic (exact) mass is 255 g/mol. The molecule has 2 fully saturated rings. The highest BCUT2D eigenvalue weighted by molar-refractivity contribution is 7.99. The molecule has 0 spiro atoms. The molecule has 0 aromatic rings. The molecule has 2 aliphatic heterocycles. The quantitative estimate of drug-likeness (QED) is 0.428. The van der Waals surface area contributed by atoms with Gasteiger partial charge < -0.3 is 4.90 Å². The summed E-state index contributed by atoms with van der Waals surface area (Å²) in [7, 11) is 0. The largest absolute Gasteiger partial charge is 0.340 e. The minimum absolute atomic E-state index is 0.0459. The fourth-order valence-electron chi connectivity index (χ4n) is 2.34. The van der Waals surface area contributed by atoms with E-state index in [2.05, 4.69) is 14.9 Å². The number of azide groups is 1. The van der Waals surface area contributed by atoms with E-state index in [1.165, 1.54) is 17.9 Å². The summed E-state index contributed by atoms with van der Waals surface area (Å²) in [5.74, 6) is 2.44. The molecule has 2 saturated heterocycles. The average Bonchev–Trinajstić information content (AvgIpc) is 2.90. The summed E-state index contributed by atoms with van der Waals surface area (Å²) < 4.78 is 0. The van der Waals surface area contributed by atoms with Gasteiger partial charge in [-0.15, -0.1) is 0 Å². The van der Waals surface area contributed by atoms with Crippen molar-refractivity contribution in [2.24, 2.45) is 5.11 Å². The molecule has 17 heavy (non-hydrogen) atoms. The Morgan fingerprint density at radius 2 is 2.18 bits per heavy atom. The fraction of sp³-hybridized carbons (Fsp3) is 0.900. The molecule has 0 aromatic carbocycles. The van der Waals surface area contributed by atoms with Gasteiger partial charge in [0.2, 0.25) is 5.91 Å². The molecule has 0 bridgehead atoms. The van der Waals surface area contributed by atoms with Crippen LogP contribution in [0.1, 0.15) is 6.42 Å². The SMILES string of the molecule is [N-]=[N+]=NCC(=O)N1CCN([C@@H]2CCSC2)CC1. The highest BCUT2D eigenvalue weighted by Gasteiger charge is 2.27. The van der Waals surface area contributed by atoms with Crippen LogP contribution in [-0.4, -0.2) is 66.0 Å². The molecule has 2 rings (SSSR count). The first-order chi connectivity index (χ1) is 8.31. The maximum Gasteiger partial charge on any atom is 0.228 e. The van der Waals surface area contributed by atoms with E-state index in [0.717, 1.165) is 26.2 Å². The van der Waals surface area contributed by atoms with Crippen LogP contribution in [0.15, 0.2) is 5.11 Å². The second-order valence-corrected chi connectivity index (χ2v) is 5.47. The smallest absolute Gasteiger partial charge is 0.228 e. The van der Waals surface area contributed by atoms with E-state index in [4.69, 9.17) is 5.53 Å². The zero-order chi connectivity index (χ0) is 12.1. The van der Waals surface area contributed by atoms with Crippen molar-refractivity contribution in [2.45, 2.75) is 12.5 Å². The van der Waals surface area contributed by atoms with Gasteiger partial charge in [-0.25, -0.2) is 0 Å². The summed E-state index contributed by atoms with van der Waals surface area (Å²) in [5.41, 5.74) is 8.18. The Bertz CT molecular complexity index is 317. The number of hydrogen-bond acceptors (Lipinski definition) is 4. The predicted octanol–water partition coefficient (Wildman–Crippen LogP) is 0.946. The van der Waals surface area contributed by atoms with Crippen molar-refractivity contribution >= 4 is 17.7 Å². The molecule has 1 atom stereocenters. The molecule has 94 valence electrons. The zero-order valence-corrected chi connectivity index (χ0v) is 10.6. The molecule has 2 heterocycles. The van der Waals surface area contributed by atoms with Gasteiger partial charge in [-0.2, -0.15) is 11.8 Å². The summed E-state index contributed by atoms with van der Waals surface area (Å²) in [4.78, 5) is 18.5. The van der Waals surface area contributed by atoms with E-state index in [0.29, 0.717) is 6.04 Å². The molecular formula is C10H17N5OS. The first-order valence-electron chi connectivity index (χ1n) is 5.91. The molecule has 2 aliphatic rings. The minimum atomic E-state index is -0.0525. The van der Waals surface area contributed by atoms with Gasteiger partial charge in [0, 0.05) is 42.9 Å². The van der Waals surface area contributed by atoms with E-state index in [1.807, 2.05) is 11.8 Å². The Kier molecular flexibility index (Phi) is 4.53. The molecule has 0 unspecified atom stereocenters. The summed E-state index contributed by atoms with van der Waals surface area (Å²) in [5, 5.41) is 3.32. The van der Waals surface area contributed by atoms with Crippen LogP contribution in [0, 0.1) is 0 Å². The van der Waals surface area contributed by atoms with Gasteiger partial charge in [0.15, 0.2) is 0 Å². The summed E-state index contributed by atoms with van der Waals surface area (Å²) in [6.45, 7) is 3.39. The lowest BCUT2D eigenvalue weighted by Gasteiger charge is -2.37. The van der Waals surface area contributed by atoms with Crippen LogP contribution in [0.5, 0.6) is 0 Å². The van der Waals surface area contributed by atoms with Crippen molar-refractivity contribution in [3.63, 3.8) is 0 Å². The molecule has 0 aromatic heterocycles. The first-order valence-corrected chi connectivity index (χ1v) is 7.07. The second-order valence-electron chi connectivity index (χ2n) is 4.32. The second kappa shape index (κ2) is 6.14. The topological polar surface area (TPSA) is 72.3 Å². The molecular weight excluding hydrogens is 238 g/mol. The van der Waals surface area contributed by atoms with E-state index in [9.17, 15) is 4.79 Å². The lowest BCUT2D eigenvalue weighted by Crippen LogP contribution is -2.52. The number of thioether (sulfide) groups is 1. The van der Waals surface area contributed by atoms with Crippen LogP contribution < -0.4 is 0 Å². The van der Waals surface area contributed by atoms with Crippen molar-refractivity contribution in [1.29, 1.82) is 0 Å². The van der Waals surface area contributed by atoms with Crippen LogP contribution in [-0.2, 0) is 4.79 Å².